The Kier molecular flexibility index (Phi) is 4.47. The van der Waals surface area contributed by atoms with Gasteiger partial charge in [-0.15, -0.1) is 0 Å². The molecular weight excluding hydrogens is 254 g/mol. The Labute approximate surface area is 116 Å². The molecule has 0 aromatic carbocycles. The van der Waals surface area contributed by atoms with Gasteiger partial charge in [-0.3, -0.25) is 14.9 Å². The minimum Gasteiger partial charge on any atom is -0.348 e. The van der Waals surface area contributed by atoms with Crippen LogP contribution in [0.4, 0.5) is 0 Å². The van der Waals surface area contributed by atoms with Crippen LogP contribution < -0.4 is 11.1 Å². The number of hydrogen-bond donors (Lipinski definition) is 3. The molecule has 0 atom stereocenters. The van der Waals surface area contributed by atoms with Crippen LogP contribution in [0.3, 0.4) is 0 Å². The van der Waals surface area contributed by atoms with E-state index >= 15 is 0 Å². The second-order valence-electron chi connectivity index (χ2n) is 4.13. The standard InChI is InChI=1S/C14H15N5O/c1-10-12(9-18-19-10)8-17-14(20)13-4-6-16-7-11(13)3-2-5-15/h4,6-7,9H,5,8,15H2,1H3,(H,17,20)(H,18,19). The van der Waals surface area contributed by atoms with Crippen molar-refractivity contribution in [2.24, 2.45) is 5.73 Å². The number of aryl methyl sites for hydroxylation is 1. The van der Waals surface area contributed by atoms with Crippen molar-refractivity contribution in [3.63, 3.8) is 0 Å². The first-order valence-electron chi connectivity index (χ1n) is 6.12. The fourth-order valence-electron chi connectivity index (χ4n) is 1.66. The molecule has 0 aliphatic carbocycles. The van der Waals surface area contributed by atoms with Crippen molar-refractivity contribution in [3.8, 4) is 11.8 Å². The molecule has 6 nitrogen and oxygen atoms in total. The molecule has 2 heterocycles. The summed E-state index contributed by atoms with van der Waals surface area (Å²) in [5.74, 6) is 5.36. The number of aromatic nitrogens is 3. The second kappa shape index (κ2) is 6.50. The molecule has 0 unspecified atom stereocenters. The van der Waals surface area contributed by atoms with Gasteiger partial charge in [0.2, 0.25) is 0 Å². The predicted molar refractivity (Wildman–Crippen MR) is 74.7 cm³/mol. The smallest absolute Gasteiger partial charge is 0.252 e. The minimum absolute atomic E-state index is 0.200. The molecule has 0 radical (unpaired) electrons. The molecule has 0 aliphatic rings. The Morgan fingerprint density at radius 2 is 2.35 bits per heavy atom. The number of aromatic amines is 1. The van der Waals surface area contributed by atoms with E-state index in [1.165, 1.54) is 0 Å². The van der Waals surface area contributed by atoms with Gasteiger partial charge >= 0.3 is 0 Å². The van der Waals surface area contributed by atoms with Gasteiger partial charge in [-0.05, 0) is 13.0 Å². The van der Waals surface area contributed by atoms with Gasteiger partial charge in [-0.1, -0.05) is 11.8 Å². The van der Waals surface area contributed by atoms with E-state index in [4.69, 9.17) is 5.73 Å². The summed E-state index contributed by atoms with van der Waals surface area (Å²) in [7, 11) is 0. The zero-order valence-electron chi connectivity index (χ0n) is 11.1. The number of nitrogens with zero attached hydrogens (tertiary/aromatic N) is 2. The molecule has 2 aromatic rings. The third kappa shape index (κ3) is 3.22. The van der Waals surface area contributed by atoms with Crippen LogP contribution in [0, 0.1) is 18.8 Å². The van der Waals surface area contributed by atoms with Crippen LogP contribution in [0.15, 0.2) is 24.7 Å². The van der Waals surface area contributed by atoms with Crippen molar-refractivity contribution < 1.29 is 4.79 Å². The molecule has 102 valence electrons. The summed E-state index contributed by atoms with van der Waals surface area (Å²) in [6.07, 6.45) is 4.81. The summed E-state index contributed by atoms with van der Waals surface area (Å²) in [4.78, 5) is 16.1. The molecule has 2 rings (SSSR count). The number of pyridine rings is 1. The van der Waals surface area contributed by atoms with Crippen LogP contribution in [0.5, 0.6) is 0 Å². The van der Waals surface area contributed by atoms with Gasteiger partial charge in [-0.25, -0.2) is 0 Å². The van der Waals surface area contributed by atoms with Crippen LogP contribution in [0.25, 0.3) is 0 Å². The van der Waals surface area contributed by atoms with Gasteiger partial charge in [0.15, 0.2) is 0 Å². The van der Waals surface area contributed by atoms with Crippen molar-refractivity contribution >= 4 is 5.91 Å². The number of rotatable bonds is 3. The van der Waals surface area contributed by atoms with E-state index in [0.29, 0.717) is 17.7 Å². The lowest BCUT2D eigenvalue weighted by atomic mass is 10.1. The largest absolute Gasteiger partial charge is 0.348 e. The molecule has 0 spiro atoms. The number of amides is 1. The van der Waals surface area contributed by atoms with E-state index in [1.54, 1.807) is 24.7 Å². The van der Waals surface area contributed by atoms with E-state index in [0.717, 1.165) is 11.3 Å². The molecule has 2 aromatic heterocycles. The molecule has 1 amide bonds. The van der Waals surface area contributed by atoms with E-state index in [-0.39, 0.29) is 12.5 Å². The minimum atomic E-state index is -0.200. The molecule has 0 bridgehead atoms. The summed E-state index contributed by atoms with van der Waals surface area (Å²) in [6, 6.07) is 1.64. The first kappa shape index (κ1) is 13.8. The maximum absolute atomic E-state index is 12.2. The van der Waals surface area contributed by atoms with Crippen molar-refractivity contribution in [3.05, 3.63) is 47.0 Å². The van der Waals surface area contributed by atoms with E-state index < -0.39 is 0 Å². The van der Waals surface area contributed by atoms with E-state index in [2.05, 4.69) is 32.3 Å². The molecule has 0 saturated heterocycles. The Bertz CT molecular complexity index is 665. The highest BCUT2D eigenvalue weighted by Crippen LogP contribution is 2.07. The molecule has 0 fully saturated rings. The summed E-state index contributed by atoms with van der Waals surface area (Å²) in [5, 5.41) is 9.57. The van der Waals surface area contributed by atoms with Crippen molar-refractivity contribution in [2.75, 3.05) is 6.54 Å². The Balaban J connectivity index is 2.11. The fourth-order valence-corrected chi connectivity index (χ4v) is 1.66. The third-order valence-electron chi connectivity index (χ3n) is 2.76. The van der Waals surface area contributed by atoms with Gasteiger partial charge in [0, 0.05) is 30.2 Å². The number of H-pyrrole nitrogens is 1. The summed E-state index contributed by atoms with van der Waals surface area (Å²) < 4.78 is 0. The highest BCUT2D eigenvalue weighted by Gasteiger charge is 2.10. The normalized spacial score (nSPS) is 9.70. The topological polar surface area (TPSA) is 96.7 Å². The van der Waals surface area contributed by atoms with Gasteiger partial charge in [0.1, 0.15) is 0 Å². The maximum Gasteiger partial charge on any atom is 0.252 e. The highest BCUT2D eigenvalue weighted by atomic mass is 16.1. The maximum atomic E-state index is 12.2. The van der Waals surface area contributed by atoms with Crippen LogP contribution in [-0.2, 0) is 6.54 Å². The molecule has 20 heavy (non-hydrogen) atoms. The van der Waals surface area contributed by atoms with Gasteiger partial charge in [0.05, 0.1) is 23.9 Å². The van der Waals surface area contributed by atoms with Gasteiger partial charge in [0.25, 0.3) is 5.91 Å². The lowest BCUT2D eigenvalue weighted by Crippen LogP contribution is -2.24. The van der Waals surface area contributed by atoms with Crippen LogP contribution >= 0.6 is 0 Å². The van der Waals surface area contributed by atoms with Crippen molar-refractivity contribution in [1.82, 2.24) is 20.5 Å². The third-order valence-corrected chi connectivity index (χ3v) is 2.76. The zero-order valence-corrected chi connectivity index (χ0v) is 11.1. The molecular formula is C14H15N5O. The van der Waals surface area contributed by atoms with Crippen molar-refractivity contribution in [2.45, 2.75) is 13.5 Å². The lowest BCUT2D eigenvalue weighted by molar-refractivity contribution is 0.0950. The number of nitrogens with one attached hydrogen (secondary N) is 2. The van der Waals surface area contributed by atoms with Gasteiger partial charge in [-0.2, -0.15) is 5.10 Å². The Hall–Kier alpha value is -2.65. The number of nitrogens with two attached hydrogens (primary N) is 1. The van der Waals surface area contributed by atoms with Crippen LogP contribution in [0.1, 0.15) is 27.2 Å². The quantitative estimate of drug-likeness (QED) is 0.701. The van der Waals surface area contributed by atoms with E-state index in [1.807, 2.05) is 6.92 Å². The zero-order chi connectivity index (χ0) is 14.4. The Morgan fingerprint density at radius 3 is 3.05 bits per heavy atom. The second-order valence-corrected chi connectivity index (χ2v) is 4.13. The molecule has 6 heteroatoms. The first-order chi connectivity index (χ1) is 9.72. The highest BCUT2D eigenvalue weighted by molar-refractivity contribution is 5.96. The van der Waals surface area contributed by atoms with E-state index in [9.17, 15) is 4.79 Å². The fraction of sp³-hybridized carbons (Fsp3) is 0.214. The summed E-state index contributed by atoms with van der Waals surface area (Å²) in [5.41, 5.74) is 8.27. The summed E-state index contributed by atoms with van der Waals surface area (Å²) in [6.45, 7) is 2.55. The lowest BCUT2D eigenvalue weighted by Gasteiger charge is -2.06. The molecule has 0 saturated carbocycles. The molecule has 4 N–H and O–H groups in total. The average Bonchev–Trinajstić information content (AvgIpc) is 2.88. The number of carbonyl (C=O) groups excluding carboxylic acids is 1. The monoisotopic (exact) mass is 269 g/mol. The average molecular weight is 269 g/mol. The number of hydrogen-bond acceptors (Lipinski definition) is 4. The SMILES string of the molecule is Cc1[nH]ncc1CNC(=O)c1ccncc1C#CCN. The summed E-state index contributed by atoms with van der Waals surface area (Å²) >= 11 is 0. The predicted octanol–water partition coefficient (Wildman–Crippen LogP) is 0.353. The Morgan fingerprint density at radius 1 is 1.50 bits per heavy atom. The van der Waals surface area contributed by atoms with Crippen molar-refractivity contribution in [1.29, 1.82) is 0 Å². The van der Waals surface area contributed by atoms with Crippen LogP contribution in [-0.4, -0.2) is 27.6 Å². The van der Waals surface area contributed by atoms with Crippen LogP contribution in [0.2, 0.25) is 0 Å². The first-order valence-corrected chi connectivity index (χ1v) is 6.12. The number of carbonyl (C=O) groups is 1. The van der Waals surface area contributed by atoms with Gasteiger partial charge < -0.3 is 11.1 Å². The molecule has 0 aliphatic heterocycles.